The smallest absolute Gasteiger partial charge is 0.335 e. The van der Waals surface area contributed by atoms with Gasteiger partial charge in [-0.25, -0.2) is 4.79 Å². The molecule has 22 heavy (non-hydrogen) atoms. The van der Waals surface area contributed by atoms with Crippen LogP contribution in [0.3, 0.4) is 0 Å². The molecule has 0 radical (unpaired) electrons. The van der Waals surface area contributed by atoms with Gasteiger partial charge in [-0.3, -0.25) is 4.98 Å². The van der Waals surface area contributed by atoms with Gasteiger partial charge in [0.1, 0.15) is 5.75 Å². The topological polar surface area (TPSA) is 59.4 Å². The van der Waals surface area contributed by atoms with Crippen molar-refractivity contribution < 1.29 is 14.6 Å². The van der Waals surface area contributed by atoms with Crippen LogP contribution < -0.4 is 4.74 Å². The summed E-state index contributed by atoms with van der Waals surface area (Å²) >= 11 is 0. The molecule has 0 spiro atoms. The van der Waals surface area contributed by atoms with Crippen molar-refractivity contribution in [3.63, 3.8) is 0 Å². The van der Waals surface area contributed by atoms with E-state index >= 15 is 0 Å². The lowest BCUT2D eigenvalue weighted by Gasteiger charge is -2.07. The van der Waals surface area contributed by atoms with Crippen LogP contribution in [0.5, 0.6) is 5.75 Å². The van der Waals surface area contributed by atoms with E-state index in [-0.39, 0.29) is 5.56 Å². The number of carboxylic acid groups (broad SMARTS) is 1. The average molecular weight is 299 g/mol. The number of aromatic carboxylic acids is 1. The zero-order valence-corrected chi connectivity index (χ0v) is 12.8. The van der Waals surface area contributed by atoms with Crippen molar-refractivity contribution in [3.05, 3.63) is 48.2 Å². The van der Waals surface area contributed by atoms with Crippen LogP contribution in [0.25, 0.3) is 11.3 Å². The normalized spacial score (nSPS) is 10.4. The maximum absolute atomic E-state index is 10.8. The molecule has 4 nitrogen and oxygen atoms in total. The van der Waals surface area contributed by atoms with Gasteiger partial charge in [-0.05, 0) is 30.7 Å². The van der Waals surface area contributed by atoms with Gasteiger partial charge in [0.15, 0.2) is 0 Å². The van der Waals surface area contributed by atoms with Gasteiger partial charge in [-0.15, -0.1) is 0 Å². The molecule has 0 aliphatic carbocycles. The quantitative estimate of drug-likeness (QED) is 0.734. The van der Waals surface area contributed by atoms with Gasteiger partial charge in [-0.1, -0.05) is 38.3 Å². The van der Waals surface area contributed by atoms with Crippen LogP contribution in [0.15, 0.2) is 42.6 Å². The van der Waals surface area contributed by atoms with Gasteiger partial charge in [0.25, 0.3) is 0 Å². The Kier molecular flexibility index (Phi) is 5.95. The number of carbonyl (C=O) groups is 1. The van der Waals surface area contributed by atoms with E-state index in [2.05, 4.69) is 11.9 Å². The molecule has 0 unspecified atom stereocenters. The van der Waals surface area contributed by atoms with Gasteiger partial charge in [-0.2, -0.15) is 0 Å². The summed E-state index contributed by atoms with van der Waals surface area (Å²) in [4.78, 5) is 15.2. The second-order valence-corrected chi connectivity index (χ2v) is 5.17. The molecule has 0 aliphatic heterocycles. The summed E-state index contributed by atoms with van der Waals surface area (Å²) in [6.07, 6.45) is 6.42. The fraction of sp³-hybridized carbons (Fsp3) is 0.333. The highest BCUT2D eigenvalue weighted by Crippen LogP contribution is 2.20. The van der Waals surface area contributed by atoms with Crippen LogP contribution in [-0.4, -0.2) is 22.7 Å². The Balaban J connectivity index is 1.92. The molecule has 0 aliphatic rings. The summed E-state index contributed by atoms with van der Waals surface area (Å²) in [5.74, 6) is -0.159. The van der Waals surface area contributed by atoms with Crippen LogP contribution >= 0.6 is 0 Å². The van der Waals surface area contributed by atoms with E-state index in [0.29, 0.717) is 6.61 Å². The molecule has 1 aromatic heterocycles. The molecule has 0 fully saturated rings. The Morgan fingerprint density at radius 2 is 1.86 bits per heavy atom. The Bertz CT molecular complexity index is 591. The van der Waals surface area contributed by atoms with E-state index in [1.54, 1.807) is 30.5 Å². The molecule has 0 saturated carbocycles. The zero-order chi connectivity index (χ0) is 15.8. The average Bonchev–Trinajstić information content (AvgIpc) is 2.55. The number of rotatable bonds is 8. The fourth-order valence-corrected chi connectivity index (χ4v) is 2.14. The number of pyridine rings is 1. The molecule has 1 heterocycles. The molecule has 0 atom stereocenters. The van der Waals surface area contributed by atoms with Crippen LogP contribution in [0.1, 0.15) is 43.0 Å². The van der Waals surface area contributed by atoms with Crippen molar-refractivity contribution in [2.24, 2.45) is 0 Å². The maximum Gasteiger partial charge on any atom is 0.335 e. The van der Waals surface area contributed by atoms with Crippen LogP contribution in [0.4, 0.5) is 0 Å². The largest absolute Gasteiger partial charge is 0.492 e. The molecular weight excluding hydrogens is 278 g/mol. The van der Waals surface area contributed by atoms with E-state index in [0.717, 1.165) is 23.4 Å². The van der Waals surface area contributed by atoms with Gasteiger partial charge >= 0.3 is 5.97 Å². The number of ether oxygens (including phenoxy) is 1. The summed E-state index contributed by atoms with van der Waals surface area (Å²) in [6.45, 7) is 2.90. The zero-order valence-electron chi connectivity index (χ0n) is 12.8. The van der Waals surface area contributed by atoms with Crippen LogP contribution in [-0.2, 0) is 0 Å². The number of aromatic nitrogens is 1. The van der Waals surface area contributed by atoms with Crippen molar-refractivity contribution in [2.75, 3.05) is 6.61 Å². The Morgan fingerprint density at radius 1 is 1.09 bits per heavy atom. The summed E-state index contributed by atoms with van der Waals surface area (Å²) < 4.78 is 5.65. The minimum atomic E-state index is -0.925. The van der Waals surface area contributed by atoms with E-state index in [1.807, 2.05) is 12.1 Å². The number of nitrogens with zero attached hydrogens (tertiary/aromatic N) is 1. The third-order valence-corrected chi connectivity index (χ3v) is 3.43. The van der Waals surface area contributed by atoms with Crippen molar-refractivity contribution >= 4 is 5.97 Å². The number of hydrogen-bond acceptors (Lipinski definition) is 3. The van der Waals surface area contributed by atoms with Gasteiger partial charge in [0.05, 0.1) is 24.1 Å². The third-order valence-electron chi connectivity index (χ3n) is 3.43. The summed E-state index contributed by atoms with van der Waals surface area (Å²) in [6, 6.07) is 10.5. The first-order valence-electron chi connectivity index (χ1n) is 7.63. The lowest BCUT2D eigenvalue weighted by atomic mass is 10.1. The first-order valence-corrected chi connectivity index (χ1v) is 7.63. The molecule has 1 N–H and O–H groups in total. The molecule has 0 amide bonds. The second-order valence-electron chi connectivity index (χ2n) is 5.17. The highest BCUT2D eigenvalue weighted by molar-refractivity contribution is 5.88. The van der Waals surface area contributed by atoms with E-state index in [1.165, 1.54) is 19.3 Å². The second kappa shape index (κ2) is 8.17. The number of benzene rings is 1. The Morgan fingerprint density at radius 3 is 2.45 bits per heavy atom. The first kappa shape index (κ1) is 16.0. The van der Waals surface area contributed by atoms with Gasteiger partial charge in [0.2, 0.25) is 0 Å². The van der Waals surface area contributed by atoms with E-state index < -0.39 is 5.97 Å². The third kappa shape index (κ3) is 4.58. The fourth-order valence-electron chi connectivity index (χ4n) is 2.14. The van der Waals surface area contributed by atoms with Crippen molar-refractivity contribution in [3.8, 4) is 17.0 Å². The molecule has 2 aromatic rings. The number of unbranched alkanes of at least 4 members (excludes halogenated alkanes) is 3. The van der Waals surface area contributed by atoms with Crippen LogP contribution in [0.2, 0.25) is 0 Å². The van der Waals surface area contributed by atoms with Crippen molar-refractivity contribution in [2.45, 2.75) is 32.6 Å². The first-order chi connectivity index (χ1) is 10.7. The lowest BCUT2D eigenvalue weighted by molar-refractivity contribution is 0.0697. The minimum absolute atomic E-state index is 0.274. The maximum atomic E-state index is 10.8. The standard InChI is InChI=1S/C18H21NO3/c1-2-3-4-5-12-22-16-10-11-17(19-13-16)14-6-8-15(9-7-14)18(20)21/h6-11,13H,2-5,12H2,1H3,(H,20,21). The molecule has 1 aromatic carbocycles. The Labute approximate surface area is 130 Å². The highest BCUT2D eigenvalue weighted by Gasteiger charge is 2.04. The van der Waals surface area contributed by atoms with Crippen LogP contribution in [0, 0.1) is 0 Å². The predicted octanol–water partition coefficient (Wildman–Crippen LogP) is 4.41. The number of hydrogen-bond donors (Lipinski definition) is 1. The lowest BCUT2D eigenvalue weighted by Crippen LogP contribution is -1.98. The molecule has 4 heteroatoms. The molecule has 116 valence electrons. The summed E-state index contributed by atoms with van der Waals surface area (Å²) in [5, 5.41) is 8.89. The van der Waals surface area contributed by atoms with Crippen molar-refractivity contribution in [1.29, 1.82) is 0 Å². The number of carboxylic acids is 1. The SMILES string of the molecule is CCCCCCOc1ccc(-c2ccc(C(=O)O)cc2)nc1. The summed E-state index contributed by atoms with van der Waals surface area (Å²) in [7, 11) is 0. The van der Waals surface area contributed by atoms with Crippen molar-refractivity contribution in [1.82, 2.24) is 4.98 Å². The van der Waals surface area contributed by atoms with E-state index in [4.69, 9.17) is 9.84 Å². The molecule has 0 saturated heterocycles. The minimum Gasteiger partial charge on any atom is -0.492 e. The predicted molar refractivity (Wildman–Crippen MR) is 86.3 cm³/mol. The summed E-state index contributed by atoms with van der Waals surface area (Å²) in [5.41, 5.74) is 1.96. The highest BCUT2D eigenvalue weighted by atomic mass is 16.5. The molecular formula is C18H21NO3. The van der Waals surface area contributed by atoms with E-state index in [9.17, 15) is 4.79 Å². The molecule has 2 rings (SSSR count). The van der Waals surface area contributed by atoms with Gasteiger partial charge in [0, 0.05) is 5.56 Å². The monoisotopic (exact) mass is 299 g/mol. The van der Waals surface area contributed by atoms with Gasteiger partial charge < -0.3 is 9.84 Å². The molecule has 0 bridgehead atoms. The Hall–Kier alpha value is -2.36.